The van der Waals surface area contributed by atoms with E-state index in [9.17, 15) is 0 Å². The Kier molecular flexibility index (Phi) is 22.2. The van der Waals surface area contributed by atoms with Crippen LogP contribution >= 0.6 is 0 Å². The molecule has 0 aromatic carbocycles. The normalized spacial score (nSPS) is 3.75. The van der Waals surface area contributed by atoms with Crippen molar-refractivity contribution in [2.75, 3.05) is 7.11 Å². The largest absolute Gasteiger partial charge is 0.400 e. The Morgan fingerprint density at radius 2 is 2.00 bits per heavy atom. The van der Waals surface area contributed by atoms with E-state index in [0.717, 1.165) is 7.11 Å². The summed E-state index contributed by atoms with van der Waals surface area (Å²) >= 11 is 0. The van der Waals surface area contributed by atoms with E-state index >= 15 is 0 Å². The van der Waals surface area contributed by atoms with Crippen LogP contribution in [0.5, 0.6) is 0 Å². The molecule has 0 fully saturated rings. The lowest BCUT2D eigenvalue weighted by Gasteiger charge is -1.21. The quantitative estimate of drug-likeness (QED) is 0.385. The molecule has 1 N–H and O–H groups in total. The molecular weight excluding hydrogens is 52.0 g/mol. The van der Waals surface area contributed by atoms with Crippen LogP contribution in [0.15, 0.2) is 0 Å². The van der Waals surface area contributed by atoms with Crippen LogP contribution in [0.1, 0.15) is 1.37 Å². The zero-order chi connectivity index (χ0) is 4.71. The van der Waals surface area contributed by atoms with Crippen LogP contribution in [0.2, 0.25) is 0 Å². The fraction of sp³-hybridized carbons (Fsp3) is 0.333. The third-order valence-corrected chi connectivity index (χ3v) is 0. The number of rotatable bonds is 0. The van der Waals surface area contributed by atoms with E-state index in [2.05, 4.69) is 6.42 Å². The molecule has 1 nitrogen and oxygen atoms in total. The van der Waals surface area contributed by atoms with Crippen molar-refractivity contribution in [3.63, 3.8) is 0 Å². The molecule has 0 atom stereocenters. The Balaban J connectivity index is 0. The first-order valence-electron chi connectivity index (χ1n) is 1.24. The van der Waals surface area contributed by atoms with Crippen molar-refractivity contribution in [1.29, 1.82) is 0 Å². The summed E-state index contributed by atoms with van der Waals surface area (Å²) in [6, 6.07) is 0. The van der Waals surface area contributed by atoms with Gasteiger partial charge in [-0.05, 0) is 0 Å². The summed E-state index contributed by atoms with van der Waals surface area (Å²) in [5, 5.41) is 7.00. The number of aliphatic hydroxyl groups excluding tert-OH is 1. The summed E-state index contributed by atoms with van der Waals surface area (Å²) in [7, 11) is 1.00. The second-order valence-electron chi connectivity index (χ2n) is 0. The lowest BCUT2D eigenvalue weighted by Crippen LogP contribution is -1.25. The van der Waals surface area contributed by atoms with Crippen LogP contribution < -0.4 is 0 Å². The van der Waals surface area contributed by atoms with Crippen LogP contribution in [0, 0.1) is 12.8 Å². The molecule has 0 bridgehead atoms. The number of hydrogen-bond donors (Lipinski definition) is 1. The standard InChI is InChI=1S/C2H2.CH4O/c2*1-2/h1-2H;2H,1H3/i1D;. The third kappa shape index (κ3) is 1.78. The molecule has 0 saturated carbocycles. The second-order valence-corrected chi connectivity index (χ2v) is 0. The minimum Gasteiger partial charge on any atom is -0.400 e. The van der Waals surface area contributed by atoms with Crippen molar-refractivity contribution < 1.29 is 6.48 Å². The van der Waals surface area contributed by atoms with Crippen molar-refractivity contribution in [3.05, 3.63) is 0 Å². The zero-order valence-electron chi connectivity index (χ0n) is 3.52. The van der Waals surface area contributed by atoms with Gasteiger partial charge >= 0.3 is 0 Å². The van der Waals surface area contributed by atoms with Crippen molar-refractivity contribution >= 4 is 0 Å². The molecular formula is C3H6O. The topological polar surface area (TPSA) is 20.2 Å². The Morgan fingerprint density at radius 3 is 2.00 bits per heavy atom. The van der Waals surface area contributed by atoms with Gasteiger partial charge in [0.25, 0.3) is 0 Å². The first kappa shape index (κ1) is 3.52. The van der Waals surface area contributed by atoms with Gasteiger partial charge in [-0.25, -0.2) is 0 Å². The minimum absolute atomic E-state index is 1.00. The maximum Gasteiger partial charge on any atom is 0.124 e. The van der Waals surface area contributed by atoms with Gasteiger partial charge in [-0.2, -0.15) is 0 Å². The van der Waals surface area contributed by atoms with E-state index in [4.69, 9.17) is 6.48 Å². The molecule has 0 aliphatic heterocycles. The second kappa shape index (κ2) is 25.3. The van der Waals surface area contributed by atoms with E-state index in [0.29, 0.717) is 0 Å². The van der Waals surface area contributed by atoms with E-state index in [1.165, 1.54) is 6.40 Å². The van der Waals surface area contributed by atoms with Crippen LogP contribution in [0.4, 0.5) is 0 Å². The fourth-order valence-electron chi connectivity index (χ4n) is 0. The summed E-state index contributed by atoms with van der Waals surface area (Å²) in [4.78, 5) is 0. The highest BCUT2D eigenvalue weighted by molar-refractivity contribution is 4.47. The lowest BCUT2D eigenvalue weighted by atomic mass is 11.4. The molecule has 0 aliphatic rings. The van der Waals surface area contributed by atoms with E-state index in [-0.39, 0.29) is 0 Å². The molecule has 0 rings (SSSR count). The molecule has 1 heteroatoms. The minimum atomic E-state index is 1.00. The Hall–Kier alpha value is -0.480. The predicted molar refractivity (Wildman–Crippen MR) is 18.0 cm³/mol. The van der Waals surface area contributed by atoms with Gasteiger partial charge in [-0.1, -0.05) is 0 Å². The van der Waals surface area contributed by atoms with Crippen LogP contribution in [0.25, 0.3) is 0 Å². The van der Waals surface area contributed by atoms with Crippen molar-refractivity contribution in [2.45, 2.75) is 0 Å². The molecule has 0 aromatic heterocycles. The van der Waals surface area contributed by atoms with Gasteiger partial charge < -0.3 is 5.11 Å². The smallest absolute Gasteiger partial charge is 0.124 e. The molecule has 0 aromatic rings. The Bertz CT molecular complexity index is 28.4. The number of terminal acetylenes is 1. The molecule has 0 aliphatic carbocycles. The van der Waals surface area contributed by atoms with Gasteiger partial charge in [0.2, 0.25) is 0 Å². The first-order valence-corrected chi connectivity index (χ1v) is 0.736. The average molecular weight is 59.1 g/mol. The van der Waals surface area contributed by atoms with E-state index < -0.39 is 0 Å². The number of aliphatic hydroxyl groups is 1. The van der Waals surface area contributed by atoms with Gasteiger partial charge in [-0.3, -0.25) is 0 Å². The van der Waals surface area contributed by atoms with Gasteiger partial charge in [0.05, 0.1) is 0 Å². The maximum absolute atomic E-state index is 7.00. The monoisotopic (exact) mass is 59.0 g/mol. The summed E-state index contributed by atoms with van der Waals surface area (Å²) in [5.74, 6) is 0. The fourth-order valence-corrected chi connectivity index (χ4v) is 0. The summed E-state index contributed by atoms with van der Waals surface area (Å²) < 4.78 is 5.74. The van der Waals surface area contributed by atoms with Crippen molar-refractivity contribution in [2.24, 2.45) is 0 Å². The molecule has 0 spiro atoms. The Labute approximate surface area is 27.7 Å². The molecule has 4 heavy (non-hydrogen) atoms. The molecule has 0 amide bonds. The molecule has 24 valence electrons. The first-order chi connectivity index (χ1) is 2.41. The van der Waals surface area contributed by atoms with Crippen molar-refractivity contribution in [1.82, 2.24) is 0 Å². The SMILES string of the molecule is CO.[2H]C#C. The Morgan fingerprint density at radius 1 is 2.00 bits per heavy atom. The average Bonchev–Trinajstić information content (AvgIpc) is 1.46. The third-order valence-electron chi connectivity index (χ3n) is 0. The number of hydrogen-bond acceptors (Lipinski definition) is 1. The van der Waals surface area contributed by atoms with Crippen molar-refractivity contribution in [3.8, 4) is 12.8 Å². The summed E-state index contributed by atoms with van der Waals surface area (Å²) in [6.45, 7) is 0. The predicted octanol–water partition coefficient (Wildman–Crippen LogP) is -0.142. The highest BCUT2D eigenvalue weighted by atomic mass is 16.2. The van der Waals surface area contributed by atoms with Gasteiger partial charge in [-0.15, -0.1) is 12.8 Å². The van der Waals surface area contributed by atoms with Gasteiger partial charge in [0.15, 0.2) is 0 Å². The highest BCUT2D eigenvalue weighted by Gasteiger charge is 0.839. The molecule has 0 radical (unpaired) electrons. The van der Waals surface area contributed by atoms with Crippen LogP contribution in [0.3, 0.4) is 0 Å². The summed E-state index contributed by atoms with van der Waals surface area (Å²) in [5.41, 5.74) is 0. The summed E-state index contributed by atoms with van der Waals surface area (Å²) in [6.07, 6.45) is 5.76. The maximum atomic E-state index is 7.00. The lowest BCUT2D eigenvalue weighted by molar-refractivity contribution is 0.399. The molecule has 0 unspecified atom stereocenters. The molecule has 0 heterocycles. The zero-order valence-corrected chi connectivity index (χ0v) is 2.52. The van der Waals surface area contributed by atoms with Gasteiger partial charge in [0.1, 0.15) is 1.37 Å². The molecule has 0 saturated heterocycles. The highest BCUT2D eigenvalue weighted by Crippen LogP contribution is 0.755. The van der Waals surface area contributed by atoms with Crippen LogP contribution in [-0.4, -0.2) is 12.2 Å². The van der Waals surface area contributed by atoms with E-state index in [1.807, 2.05) is 0 Å². The van der Waals surface area contributed by atoms with E-state index in [1.54, 1.807) is 0 Å². The van der Waals surface area contributed by atoms with Gasteiger partial charge in [0, 0.05) is 7.11 Å². The van der Waals surface area contributed by atoms with Crippen LogP contribution in [-0.2, 0) is 0 Å².